The highest BCUT2D eigenvalue weighted by Gasteiger charge is 2.32. The van der Waals surface area contributed by atoms with Crippen LogP contribution in [0.5, 0.6) is 0 Å². The van der Waals surface area contributed by atoms with Crippen molar-refractivity contribution in [2.75, 3.05) is 26.2 Å². The largest absolute Gasteiger partial charge is 0.374 e. The molecule has 19 heavy (non-hydrogen) atoms. The van der Waals surface area contributed by atoms with E-state index in [-0.39, 0.29) is 22.8 Å². The van der Waals surface area contributed by atoms with Crippen LogP contribution < -0.4 is 5.73 Å². The summed E-state index contributed by atoms with van der Waals surface area (Å²) < 4.78 is 5.69. The first-order valence-corrected chi connectivity index (χ1v) is 6.47. The quantitative estimate of drug-likeness (QED) is 0.655. The predicted octanol–water partition coefficient (Wildman–Crippen LogP) is 1.32. The Morgan fingerprint density at radius 3 is 3.00 bits per heavy atom. The van der Waals surface area contributed by atoms with Gasteiger partial charge >= 0.3 is 0 Å². The SMILES string of the molecule is CCN1CCOC(CN)C1c1cccc([N+](=O)[O-])c1. The Labute approximate surface area is 112 Å². The van der Waals surface area contributed by atoms with E-state index >= 15 is 0 Å². The molecule has 0 aliphatic carbocycles. The molecule has 2 atom stereocenters. The minimum Gasteiger partial charge on any atom is -0.374 e. The Morgan fingerprint density at radius 2 is 2.37 bits per heavy atom. The Balaban J connectivity index is 2.34. The van der Waals surface area contributed by atoms with Crippen molar-refractivity contribution in [3.63, 3.8) is 0 Å². The van der Waals surface area contributed by atoms with E-state index in [2.05, 4.69) is 11.8 Å². The van der Waals surface area contributed by atoms with Gasteiger partial charge in [-0.1, -0.05) is 19.1 Å². The van der Waals surface area contributed by atoms with Crippen LogP contribution >= 0.6 is 0 Å². The molecule has 1 saturated heterocycles. The topological polar surface area (TPSA) is 81.6 Å². The number of non-ortho nitro benzene ring substituents is 1. The lowest BCUT2D eigenvalue weighted by atomic mass is 9.97. The summed E-state index contributed by atoms with van der Waals surface area (Å²) >= 11 is 0. The van der Waals surface area contributed by atoms with Gasteiger partial charge in [0.25, 0.3) is 5.69 Å². The molecule has 1 aromatic rings. The number of nitrogens with zero attached hydrogens (tertiary/aromatic N) is 2. The summed E-state index contributed by atoms with van der Waals surface area (Å²) in [7, 11) is 0. The molecule has 0 saturated carbocycles. The summed E-state index contributed by atoms with van der Waals surface area (Å²) in [5.41, 5.74) is 6.76. The van der Waals surface area contributed by atoms with Gasteiger partial charge < -0.3 is 10.5 Å². The molecular formula is C13H19N3O3. The first kappa shape index (κ1) is 13.9. The lowest BCUT2D eigenvalue weighted by Crippen LogP contribution is -2.48. The van der Waals surface area contributed by atoms with E-state index in [0.29, 0.717) is 13.2 Å². The van der Waals surface area contributed by atoms with Gasteiger partial charge in [0.2, 0.25) is 0 Å². The lowest BCUT2D eigenvalue weighted by molar-refractivity contribution is -0.385. The molecule has 2 N–H and O–H groups in total. The summed E-state index contributed by atoms with van der Waals surface area (Å²) in [5.74, 6) is 0. The van der Waals surface area contributed by atoms with Crippen LogP contribution in [0.15, 0.2) is 24.3 Å². The molecule has 2 rings (SSSR count). The number of hydrogen-bond donors (Lipinski definition) is 1. The number of morpholine rings is 1. The summed E-state index contributed by atoms with van der Waals surface area (Å²) in [5, 5.41) is 10.9. The van der Waals surface area contributed by atoms with Gasteiger partial charge in [-0.2, -0.15) is 0 Å². The van der Waals surface area contributed by atoms with Crippen molar-refractivity contribution in [1.29, 1.82) is 0 Å². The van der Waals surface area contributed by atoms with Crippen LogP contribution in [0.2, 0.25) is 0 Å². The standard InChI is InChI=1S/C13H19N3O3/c1-2-15-6-7-19-12(9-14)13(15)10-4-3-5-11(8-10)16(17)18/h3-5,8,12-13H,2,6-7,9,14H2,1H3. The first-order valence-electron chi connectivity index (χ1n) is 6.47. The van der Waals surface area contributed by atoms with Crippen molar-refractivity contribution in [2.24, 2.45) is 5.73 Å². The molecule has 1 heterocycles. The number of hydrogen-bond acceptors (Lipinski definition) is 5. The second-order valence-corrected chi connectivity index (χ2v) is 4.57. The van der Waals surface area contributed by atoms with Gasteiger partial charge in [-0.15, -0.1) is 0 Å². The molecule has 2 unspecified atom stereocenters. The molecule has 1 fully saturated rings. The Bertz CT molecular complexity index is 441. The predicted molar refractivity (Wildman–Crippen MR) is 71.9 cm³/mol. The minimum absolute atomic E-state index is 0.0105. The van der Waals surface area contributed by atoms with Crippen LogP contribution in [0.1, 0.15) is 18.5 Å². The summed E-state index contributed by atoms with van der Waals surface area (Å²) in [6, 6.07) is 6.72. The van der Waals surface area contributed by atoms with E-state index in [9.17, 15) is 10.1 Å². The van der Waals surface area contributed by atoms with Crippen LogP contribution in [0.25, 0.3) is 0 Å². The third-order valence-electron chi connectivity index (χ3n) is 3.52. The molecule has 1 aromatic carbocycles. The van der Waals surface area contributed by atoms with Crippen molar-refractivity contribution in [3.8, 4) is 0 Å². The fraction of sp³-hybridized carbons (Fsp3) is 0.538. The zero-order valence-corrected chi connectivity index (χ0v) is 11.0. The van der Waals surface area contributed by atoms with Crippen LogP contribution in [0.3, 0.4) is 0 Å². The summed E-state index contributed by atoms with van der Waals surface area (Å²) in [6.07, 6.45) is -0.115. The van der Waals surface area contributed by atoms with E-state index < -0.39 is 0 Å². The van der Waals surface area contributed by atoms with Gasteiger partial charge in [-0.05, 0) is 12.1 Å². The van der Waals surface area contributed by atoms with E-state index in [0.717, 1.165) is 18.7 Å². The molecule has 0 amide bonds. The molecule has 6 nitrogen and oxygen atoms in total. The van der Waals surface area contributed by atoms with Crippen LogP contribution in [-0.4, -0.2) is 42.2 Å². The highest BCUT2D eigenvalue weighted by atomic mass is 16.6. The number of likely N-dealkylation sites (N-methyl/N-ethyl adjacent to an activating group) is 1. The molecule has 1 aliphatic rings. The van der Waals surface area contributed by atoms with Crippen molar-refractivity contribution in [1.82, 2.24) is 4.90 Å². The third-order valence-corrected chi connectivity index (χ3v) is 3.52. The summed E-state index contributed by atoms with van der Waals surface area (Å²) in [4.78, 5) is 12.8. The second kappa shape index (κ2) is 6.10. The van der Waals surface area contributed by atoms with E-state index in [1.165, 1.54) is 6.07 Å². The van der Waals surface area contributed by atoms with E-state index in [1.807, 2.05) is 6.07 Å². The third kappa shape index (κ3) is 2.91. The molecule has 0 aromatic heterocycles. The summed E-state index contributed by atoms with van der Waals surface area (Å²) in [6.45, 7) is 4.82. The first-order chi connectivity index (χ1) is 9.17. The van der Waals surface area contributed by atoms with Gasteiger partial charge in [0.1, 0.15) is 0 Å². The molecule has 104 valence electrons. The highest BCUT2D eigenvalue weighted by molar-refractivity contribution is 5.36. The maximum atomic E-state index is 10.9. The number of nitrogens with two attached hydrogens (primary N) is 1. The van der Waals surface area contributed by atoms with E-state index in [4.69, 9.17) is 10.5 Å². The van der Waals surface area contributed by atoms with Crippen LogP contribution in [0.4, 0.5) is 5.69 Å². The number of benzene rings is 1. The Morgan fingerprint density at radius 1 is 1.58 bits per heavy atom. The van der Waals surface area contributed by atoms with E-state index in [1.54, 1.807) is 12.1 Å². The van der Waals surface area contributed by atoms with Crippen LogP contribution in [-0.2, 0) is 4.74 Å². The van der Waals surface area contributed by atoms with Crippen molar-refractivity contribution >= 4 is 5.69 Å². The lowest BCUT2D eigenvalue weighted by Gasteiger charge is -2.40. The van der Waals surface area contributed by atoms with Gasteiger partial charge in [0.05, 0.1) is 23.7 Å². The molecule has 1 aliphatic heterocycles. The monoisotopic (exact) mass is 265 g/mol. The number of nitro groups is 1. The average molecular weight is 265 g/mol. The van der Waals surface area contributed by atoms with Gasteiger partial charge in [0.15, 0.2) is 0 Å². The Hall–Kier alpha value is -1.50. The maximum Gasteiger partial charge on any atom is 0.269 e. The zero-order chi connectivity index (χ0) is 13.8. The fourth-order valence-electron chi connectivity index (χ4n) is 2.59. The molecule has 0 bridgehead atoms. The van der Waals surface area contributed by atoms with Crippen molar-refractivity contribution in [3.05, 3.63) is 39.9 Å². The van der Waals surface area contributed by atoms with Crippen molar-refractivity contribution in [2.45, 2.75) is 19.1 Å². The smallest absolute Gasteiger partial charge is 0.269 e. The molecule has 0 radical (unpaired) electrons. The maximum absolute atomic E-state index is 10.9. The number of rotatable bonds is 4. The molecular weight excluding hydrogens is 246 g/mol. The number of nitro benzene ring substituents is 1. The normalized spacial score (nSPS) is 24.3. The fourth-order valence-corrected chi connectivity index (χ4v) is 2.59. The Kier molecular flexibility index (Phi) is 4.47. The van der Waals surface area contributed by atoms with Crippen LogP contribution in [0, 0.1) is 10.1 Å². The van der Waals surface area contributed by atoms with Gasteiger partial charge in [-0.25, -0.2) is 0 Å². The second-order valence-electron chi connectivity index (χ2n) is 4.57. The van der Waals surface area contributed by atoms with Crippen molar-refractivity contribution < 1.29 is 9.66 Å². The average Bonchev–Trinajstić information content (AvgIpc) is 2.46. The highest BCUT2D eigenvalue weighted by Crippen LogP contribution is 2.30. The van der Waals surface area contributed by atoms with Gasteiger partial charge in [0, 0.05) is 25.2 Å². The minimum atomic E-state index is -0.374. The molecule has 6 heteroatoms. The zero-order valence-electron chi connectivity index (χ0n) is 11.0. The molecule has 0 spiro atoms. The van der Waals surface area contributed by atoms with Gasteiger partial charge in [-0.3, -0.25) is 15.0 Å². The number of ether oxygens (including phenoxy) is 1.